The van der Waals surface area contributed by atoms with Crippen LogP contribution in [0.5, 0.6) is 11.5 Å². The minimum atomic E-state index is -0.424. The van der Waals surface area contributed by atoms with E-state index in [0.717, 1.165) is 44.8 Å². The zero-order chi connectivity index (χ0) is 21.4. The molecule has 3 aromatic rings. The minimum Gasteiger partial charge on any atom is -0.490 e. The molecule has 0 bridgehead atoms. The summed E-state index contributed by atoms with van der Waals surface area (Å²) in [5.74, 6) is 1.34. The van der Waals surface area contributed by atoms with Crippen LogP contribution in [0, 0.1) is 5.82 Å². The smallest absolute Gasteiger partial charge is 0.213 e. The molecule has 31 heavy (non-hydrogen) atoms. The van der Waals surface area contributed by atoms with E-state index in [9.17, 15) is 4.39 Å². The van der Waals surface area contributed by atoms with Crippen molar-refractivity contribution in [2.75, 3.05) is 6.61 Å². The number of hydrogen-bond acceptors (Lipinski definition) is 4. The Kier molecular flexibility index (Phi) is 5.24. The number of hydrazone groups is 1. The normalized spacial score (nSPS) is 19.2. The van der Waals surface area contributed by atoms with Gasteiger partial charge >= 0.3 is 0 Å². The molecule has 0 amide bonds. The van der Waals surface area contributed by atoms with Crippen LogP contribution in [0.4, 0.5) is 4.39 Å². The Morgan fingerprint density at radius 3 is 2.65 bits per heavy atom. The molecule has 6 heteroatoms. The van der Waals surface area contributed by atoms with E-state index in [-0.39, 0.29) is 11.9 Å². The summed E-state index contributed by atoms with van der Waals surface area (Å²) in [6.45, 7) is 4.14. The van der Waals surface area contributed by atoms with E-state index in [1.807, 2.05) is 41.4 Å². The van der Waals surface area contributed by atoms with Crippen LogP contribution in [-0.2, 0) is 0 Å². The average Bonchev–Trinajstić information content (AvgIpc) is 3.24. The van der Waals surface area contributed by atoms with Crippen molar-refractivity contribution in [3.05, 3.63) is 106 Å². The van der Waals surface area contributed by atoms with E-state index in [2.05, 4.69) is 28.6 Å². The largest absolute Gasteiger partial charge is 0.490 e. The van der Waals surface area contributed by atoms with E-state index in [0.29, 0.717) is 6.61 Å². The zero-order valence-electron chi connectivity index (χ0n) is 16.7. The molecule has 0 radical (unpaired) electrons. The quantitative estimate of drug-likeness (QED) is 0.398. The molecule has 0 N–H and O–H groups in total. The van der Waals surface area contributed by atoms with Crippen LogP contribution in [0.2, 0.25) is 0 Å². The van der Waals surface area contributed by atoms with Gasteiger partial charge < -0.3 is 9.47 Å². The van der Waals surface area contributed by atoms with Crippen molar-refractivity contribution >= 4 is 21.6 Å². The predicted octanol–water partition coefficient (Wildman–Crippen LogP) is 6.40. The molecule has 0 spiro atoms. The van der Waals surface area contributed by atoms with Crippen LogP contribution in [0.3, 0.4) is 0 Å². The van der Waals surface area contributed by atoms with Crippen molar-refractivity contribution < 1.29 is 13.9 Å². The molecule has 0 saturated heterocycles. The van der Waals surface area contributed by atoms with E-state index in [1.54, 1.807) is 18.2 Å². The molecule has 0 aromatic heterocycles. The highest BCUT2D eigenvalue weighted by atomic mass is 79.9. The third-order valence-corrected chi connectivity index (χ3v) is 5.96. The average molecular weight is 479 g/mol. The molecule has 2 aliphatic rings. The molecule has 3 aromatic carbocycles. The summed E-state index contributed by atoms with van der Waals surface area (Å²) in [5, 5.41) is 6.93. The van der Waals surface area contributed by atoms with Crippen LogP contribution in [-0.4, -0.2) is 17.3 Å². The lowest BCUT2D eigenvalue weighted by Crippen LogP contribution is -2.33. The third kappa shape index (κ3) is 3.83. The molecule has 156 valence electrons. The summed E-state index contributed by atoms with van der Waals surface area (Å²) in [6.07, 6.45) is 2.04. The highest BCUT2D eigenvalue weighted by Crippen LogP contribution is 2.48. The van der Waals surface area contributed by atoms with Crippen molar-refractivity contribution in [3.63, 3.8) is 0 Å². The summed E-state index contributed by atoms with van der Waals surface area (Å²) in [6, 6.07) is 20.4. The zero-order valence-corrected chi connectivity index (χ0v) is 18.3. The summed E-state index contributed by atoms with van der Waals surface area (Å²) in [4.78, 5) is 0. The van der Waals surface area contributed by atoms with Crippen molar-refractivity contribution in [1.82, 2.24) is 5.01 Å². The lowest BCUT2D eigenvalue weighted by Gasteiger charge is -2.38. The Morgan fingerprint density at radius 2 is 1.90 bits per heavy atom. The number of fused-ring (bicyclic) bond motifs is 3. The highest BCUT2D eigenvalue weighted by Gasteiger charge is 2.41. The van der Waals surface area contributed by atoms with Gasteiger partial charge in [-0.15, -0.1) is 0 Å². The third-order valence-electron chi connectivity index (χ3n) is 5.46. The Labute approximate surface area is 188 Å². The Hall–Kier alpha value is -3.12. The van der Waals surface area contributed by atoms with Crippen LogP contribution in [0.15, 0.2) is 89.0 Å². The molecular formula is C25H20BrFN2O2. The van der Waals surface area contributed by atoms with Crippen LogP contribution in [0.1, 0.15) is 35.4 Å². The Morgan fingerprint density at radius 1 is 1.13 bits per heavy atom. The maximum Gasteiger partial charge on any atom is 0.213 e. The van der Waals surface area contributed by atoms with Crippen LogP contribution >= 0.6 is 15.9 Å². The number of nitrogens with zero attached hydrogens (tertiary/aromatic N) is 2. The fraction of sp³-hybridized carbons (Fsp3) is 0.160. The second-order valence-electron chi connectivity index (χ2n) is 7.47. The van der Waals surface area contributed by atoms with Gasteiger partial charge in [-0.3, -0.25) is 0 Å². The van der Waals surface area contributed by atoms with Gasteiger partial charge in [-0.2, -0.15) is 5.10 Å². The summed E-state index contributed by atoms with van der Waals surface area (Å²) >= 11 is 3.57. The summed E-state index contributed by atoms with van der Waals surface area (Å²) < 4.78 is 26.4. The monoisotopic (exact) mass is 478 g/mol. The number of rotatable bonds is 5. The molecule has 0 fully saturated rings. The van der Waals surface area contributed by atoms with Gasteiger partial charge in [0.2, 0.25) is 6.23 Å². The maximum absolute atomic E-state index is 13.5. The first-order chi connectivity index (χ1) is 15.1. The van der Waals surface area contributed by atoms with Gasteiger partial charge in [0.15, 0.2) is 0 Å². The van der Waals surface area contributed by atoms with Gasteiger partial charge in [0.1, 0.15) is 23.9 Å². The van der Waals surface area contributed by atoms with Gasteiger partial charge in [-0.1, -0.05) is 40.7 Å². The number of benzene rings is 3. The highest BCUT2D eigenvalue weighted by molar-refractivity contribution is 9.10. The standard InChI is InChI=1S/C25H20BrFN2O2/c1-2-13-30-20-10-5-16(6-11-20)22-15-23-21-14-18(26)7-12-24(21)31-25(29(23)28-22)17-3-8-19(27)9-4-17/h2-12,14,23,25H,1,13,15H2. The van der Waals surface area contributed by atoms with E-state index in [4.69, 9.17) is 14.6 Å². The van der Waals surface area contributed by atoms with Crippen molar-refractivity contribution in [2.45, 2.75) is 18.7 Å². The Balaban J connectivity index is 1.51. The number of ether oxygens (including phenoxy) is 2. The molecule has 4 nitrogen and oxygen atoms in total. The number of hydrogen-bond donors (Lipinski definition) is 0. The molecule has 0 saturated carbocycles. The van der Waals surface area contributed by atoms with Gasteiger partial charge in [-0.05, 0) is 60.2 Å². The first-order valence-corrected chi connectivity index (χ1v) is 10.8. The summed E-state index contributed by atoms with van der Waals surface area (Å²) in [7, 11) is 0. The Bertz CT molecular complexity index is 1150. The molecule has 2 aliphatic heterocycles. The van der Waals surface area contributed by atoms with Gasteiger partial charge in [0.25, 0.3) is 0 Å². The van der Waals surface area contributed by atoms with E-state index >= 15 is 0 Å². The molecule has 2 unspecified atom stereocenters. The number of halogens is 2. The van der Waals surface area contributed by atoms with Crippen molar-refractivity contribution in [2.24, 2.45) is 5.10 Å². The molecule has 5 rings (SSSR count). The first-order valence-electron chi connectivity index (χ1n) is 10.0. The van der Waals surface area contributed by atoms with E-state index < -0.39 is 6.23 Å². The molecule has 0 aliphatic carbocycles. The second-order valence-corrected chi connectivity index (χ2v) is 8.39. The van der Waals surface area contributed by atoms with E-state index in [1.165, 1.54) is 12.1 Å². The fourth-order valence-electron chi connectivity index (χ4n) is 3.98. The van der Waals surface area contributed by atoms with Gasteiger partial charge in [-0.25, -0.2) is 9.40 Å². The second kappa shape index (κ2) is 8.19. The van der Waals surface area contributed by atoms with Gasteiger partial charge in [0.05, 0.1) is 11.8 Å². The minimum absolute atomic E-state index is 0.0306. The molecular weight excluding hydrogens is 459 g/mol. The molecule has 2 heterocycles. The molecule has 2 atom stereocenters. The maximum atomic E-state index is 13.5. The lowest BCUT2D eigenvalue weighted by molar-refractivity contribution is -0.0191. The lowest BCUT2D eigenvalue weighted by atomic mass is 9.96. The van der Waals surface area contributed by atoms with Gasteiger partial charge in [0, 0.05) is 22.0 Å². The summed E-state index contributed by atoms with van der Waals surface area (Å²) in [5.41, 5.74) is 3.95. The van der Waals surface area contributed by atoms with Crippen LogP contribution < -0.4 is 9.47 Å². The fourth-order valence-corrected chi connectivity index (χ4v) is 4.36. The topological polar surface area (TPSA) is 34.1 Å². The van der Waals surface area contributed by atoms with Crippen LogP contribution in [0.25, 0.3) is 0 Å². The van der Waals surface area contributed by atoms with Crippen molar-refractivity contribution in [1.29, 1.82) is 0 Å². The predicted molar refractivity (Wildman–Crippen MR) is 122 cm³/mol. The first kappa shape index (κ1) is 19.8. The SMILES string of the molecule is C=CCOc1ccc(C2=NN3C(C2)c2cc(Br)ccc2OC3c2ccc(F)cc2)cc1. The van der Waals surface area contributed by atoms with Crippen molar-refractivity contribution in [3.8, 4) is 11.5 Å².